The topological polar surface area (TPSA) is 71.3 Å². The standard InChI is InChI=1S/C17H21N5O2/c1-13-7-14(2)9-15(8-13)22-6-5-20(10-17(22)24)16(23)3-4-21-12-18-11-19-21/h7-9,11-12H,3-6,10H2,1-2H3. The van der Waals surface area contributed by atoms with Crippen LogP contribution in [0.15, 0.2) is 30.9 Å². The van der Waals surface area contributed by atoms with Crippen LogP contribution >= 0.6 is 0 Å². The number of aryl methyl sites for hydroxylation is 3. The molecule has 1 aromatic carbocycles. The van der Waals surface area contributed by atoms with Crippen molar-refractivity contribution in [3.8, 4) is 0 Å². The Bertz CT molecular complexity index is 721. The molecule has 0 atom stereocenters. The predicted octanol–water partition coefficient (Wildman–Crippen LogP) is 1.16. The molecule has 0 radical (unpaired) electrons. The van der Waals surface area contributed by atoms with Crippen molar-refractivity contribution in [2.24, 2.45) is 0 Å². The predicted molar refractivity (Wildman–Crippen MR) is 89.5 cm³/mol. The van der Waals surface area contributed by atoms with E-state index in [9.17, 15) is 9.59 Å². The molecule has 2 amide bonds. The van der Waals surface area contributed by atoms with Gasteiger partial charge in [-0.15, -0.1) is 0 Å². The third kappa shape index (κ3) is 3.61. The Hall–Kier alpha value is -2.70. The lowest BCUT2D eigenvalue weighted by Crippen LogP contribution is -2.52. The molecule has 1 saturated heterocycles. The van der Waals surface area contributed by atoms with E-state index in [1.165, 1.54) is 6.33 Å². The summed E-state index contributed by atoms with van der Waals surface area (Å²) in [6, 6.07) is 6.10. The van der Waals surface area contributed by atoms with E-state index in [0.717, 1.165) is 16.8 Å². The largest absolute Gasteiger partial charge is 0.332 e. The molecule has 0 unspecified atom stereocenters. The van der Waals surface area contributed by atoms with E-state index in [1.807, 2.05) is 26.0 Å². The number of piperazine rings is 1. The summed E-state index contributed by atoms with van der Waals surface area (Å²) >= 11 is 0. The SMILES string of the molecule is Cc1cc(C)cc(N2CCN(C(=O)CCn3cncn3)CC2=O)c1. The van der Waals surface area contributed by atoms with Gasteiger partial charge in [0.1, 0.15) is 19.2 Å². The molecule has 1 fully saturated rings. The van der Waals surface area contributed by atoms with Gasteiger partial charge >= 0.3 is 0 Å². The van der Waals surface area contributed by atoms with E-state index in [0.29, 0.717) is 26.1 Å². The second-order valence-electron chi connectivity index (χ2n) is 6.12. The quantitative estimate of drug-likeness (QED) is 0.845. The molecule has 1 aliphatic rings. The molecule has 7 nitrogen and oxygen atoms in total. The molecular formula is C17H21N5O2. The van der Waals surface area contributed by atoms with Gasteiger partial charge in [-0.25, -0.2) is 4.98 Å². The lowest BCUT2D eigenvalue weighted by Gasteiger charge is -2.34. The summed E-state index contributed by atoms with van der Waals surface area (Å²) < 4.78 is 1.62. The van der Waals surface area contributed by atoms with Crippen molar-refractivity contribution < 1.29 is 9.59 Å². The summed E-state index contributed by atoms with van der Waals surface area (Å²) in [6.07, 6.45) is 3.34. The van der Waals surface area contributed by atoms with Crippen molar-refractivity contribution in [3.63, 3.8) is 0 Å². The van der Waals surface area contributed by atoms with Crippen LogP contribution in [0.1, 0.15) is 17.5 Å². The Kier molecular flexibility index (Phi) is 4.59. The number of benzene rings is 1. The van der Waals surface area contributed by atoms with Gasteiger partial charge in [-0.1, -0.05) is 6.07 Å². The smallest absolute Gasteiger partial charge is 0.246 e. The van der Waals surface area contributed by atoms with E-state index in [4.69, 9.17) is 0 Å². The first kappa shape index (κ1) is 16.2. The molecule has 7 heteroatoms. The fourth-order valence-electron chi connectivity index (χ4n) is 2.98. The van der Waals surface area contributed by atoms with Gasteiger partial charge in [0.2, 0.25) is 11.8 Å². The highest BCUT2D eigenvalue weighted by molar-refractivity contribution is 5.98. The Balaban J connectivity index is 1.60. The Morgan fingerprint density at radius 3 is 2.54 bits per heavy atom. The summed E-state index contributed by atoms with van der Waals surface area (Å²) in [5.41, 5.74) is 3.17. The van der Waals surface area contributed by atoms with Gasteiger partial charge in [-0.3, -0.25) is 14.3 Å². The molecule has 0 saturated carbocycles. The normalized spacial score (nSPS) is 15.0. The minimum absolute atomic E-state index is 0.0288. The number of nitrogens with zero attached hydrogens (tertiary/aromatic N) is 5. The maximum Gasteiger partial charge on any atom is 0.246 e. The second-order valence-corrected chi connectivity index (χ2v) is 6.12. The zero-order valence-corrected chi connectivity index (χ0v) is 14.0. The highest BCUT2D eigenvalue weighted by Crippen LogP contribution is 2.21. The first-order valence-corrected chi connectivity index (χ1v) is 8.02. The zero-order chi connectivity index (χ0) is 17.1. The fourth-order valence-corrected chi connectivity index (χ4v) is 2.98. The molecule has 2 aromatic rings. The van der Waals surface area contributed by atoms with Crippen LogP contribution in [0.2, 0.25) is 0 Å². The molecule has 0 aliphatic carbocycles. The van der Waals surface area contributed by atoms with Crippen molar-refractivity contribution in [2.75, 3.05) is 24.5 Å². The van der Waals surface area contributed by atoms with Crippen LogP contribution in [0.4, 0.5) is 5.69 Å². The lowest BCUT2D eigenvalue weighted by atomic mass is 10.1. The van der Waals surface area contributed by atoms with Crippen LogP contribution < -0.4 is 4.90 Å². The van der Waals surface area contributed by atoms with Crippen LogP contribution in [0.25, 0.3) is 0 Å². The molecule has 0 spiro atoms. The minimum atomic E-state index is -0.0413. The molecule has 0 N–H and O–H groups in total. The fraction of sp³-hybridized carbons (Fsp3) is 0.412. The summed E-state index contributed by atoms with van der Waals surface area (Å²) in [4.78, 5) is 32.0. The van der Waals surface area contributed by atoms with Crippen LogP contribution in [0.5, 0.6) is 0 Å². The molecule has 3 rings (SSSR count). The van der Waals surface area contributed by atoms with Crippen LogP contribution in [-0.2, 0) is 16.1 Å². The van der Waals surface area contributed by atoms with Gasteiger partial charge in [0.25, 0.3) is 0 Å². The third-order valence-electron chi connectivity index (χ3n) is 4.11. The second kappa shape index (κ2) is 6.82. The first-order chi connectivity index (χ1) is 11.5. The van der Waals surface area contributed by atoms with Crippen molar-refractivity contribution in [1.82, 2.24) is 19.7 Å². The number of rotatable bonds is 4. The maximum atomic E-state index is 12.5. The number of carbonyl (C=O) groups is 2. The summed E-state index contributed by atoms with van der Waals surface area (Å²) in [6.45, 7) is 5.72. The Morgan fingerprint density at radius 2 is 1.92 bits per heavy atom. The Morgan fingerprint density at radius 1 is 1.17 bits per heavy atom. The number of carbonyl (C=O) groups excluding carboxylic acids is 2. The number of hydrogen-bond donors (Lipinski definition) is 0. The van der Waals surface area contributed by atoms with E-state index < -0.39 is 0 Å². The van der Waals surface area contributed by atoms with E-state index in [2.05, 4.69) is 16.1 Å². The summed E-state index contributed by atoms with van der Waals surface area (Å²) in [5.74, 6) is -0.0701. The van der Waals surface area contributed by atoms with Gasteiger partial charge in [0, 0.05) is 25.2 Å². The first-order valence-electron chi connectivity index (χ1n) is 8.02. The van der Waals surface area contributed by atoms with Crippen LogP contribution in [0.3, 0.4) is 0 Å². The van der Waals surface area contributed by atoms with Gasteiger partial charge in [0.15, 0.2) is 0 Å². The molecule has 1 aromatic heterocycles. The molecule has 1 aliphatic heterocycles. The van der Waals surface area contributed by atoms with Crippen molar-refractivity contribution in [3.05, 3.63) is 42.0 Å². The van der Waals surface area contributed by atoms with Crippen molar-refractivity contribution >= 4 is 17.5 Å². The highest BCUT2D eigenvalue weighted by atomic mass is 16.2. The van der Waals surface area contributed by atoms with Gasteiger partial charge in [-0.2, -0.15) is 5.10 Å². The van der Waals surface area contributed by atoms with Crippen LogP contribution in [0, 0.1) is 13.8 Å². The molecular weight excluding hydrogens is 306 g/mol. The molecule has 0 bridgehead atoms. The lowest BCUT2D eigenvalue weighted by molar-refractivity contribution is -0.137. The summed E-state index contributed by atoms with van der Waals surface area (Å²) in [5, 5.41) is 3.98. The zero-order valence-electron chi connectivity index (χ0n) is 14.0. The summed E-state index contributed by atoms with van der Waals surface area (Å²) in [7, 11) is 0. The van der Waals surface area contributed by atoms with E-state index in [1.54, 1.807) is 20.8 Å². The maximum absolute atomic E-state index is 12.5. The Labute approximate surface area is 140 Å². The van der Waals surface area contributed by atoms with Gasteiger partial charge < -0.3 is 9.80 Å². The molecule has 2 heterocycles. The number of anilines is 1. The molecule has 126 valence electrons. The molecule has 24 heavy (non-hydrogen) atoms. The highest BCUT2D eigenvalue weighted by Gasteiger charge is 2.27. The number of amides is 2. The minimum Gasteiger partial charge on any atom is -0.332 e. The average Bonchev–Trinajstić information content (AvgIpc) is 3.05. The van der Waals surface area contributed by atoms with Crippen LogP contribution in [-0.4, -0.2) is 51.1 Å². The average molecular weight is 327 g/mol. The van der Waals surface area contributed by atoms with E-state index in [-0.39, 0.29) is 18.4 Å². The van der Waals surface area contributed by atoms with Gasteiger partial charge in [-0.05, 0) is 37.1 Å². The number of hydrogen-bond acceptors (Lipinski definition) is 4. The van der Waals surface area contributed by atoms with E-state index >= 15 is 0 Å². The number of aromatic nitrogens is 3. The monoisotopic (exact) mass is 327 g/mol. The van der Waals surface area contributed by atoms with Crippen molar-refractivity contribution in [2.45, 2.75) is 26.8 Å². The third-order valence-corrected chi connectivity index (χ3v) is 4.11. The van der Waals surface area contributed by atoms with Crippen molar-refractivity contribution in [1.29, 1.82) is 0 Å². The van der Waals surface area contributed by atoms with Gasteiger partial charge in [0.05, 0.1) is 6.54 Å².